The second kappa shape index (κ2) is 39.8. The van der Waals surface area contributed by atoms with Crippen molar-refractivity contribution in [3.63, 3.8) is 0 Å². The van der Waals surface area contributed by atoms with E-state index in [4.69, 9.17) is 0 Å². The lowest BCUT2D eigenvalue weighted by Gasteiger charge is -2.22. The summed E-state index contributed by atoms with van der Waals surface area (Å²) in [6.45, 7) is 23.7. The van der Waals surface area contributed by atoms with E-state index in [1.807, 2.05) is 0 Å². The van der Waals surface area contributed by atoms with E-state index in [1.165, 1.54) is 128 Å². The van der Waals surface area contributed by atoms with E-state index in [0.29, 0.717) is 0 Å². The predicted molar refractivity (Wildman–Crippen MR) is 240 cm³/mol. The first-order valence-electron chi connectivity index (χ1n) is 18.9. The van der Waals surface area contributed by atoms with Gasteiger partial charge in [-0.2, -0.15) is 0 Å². The van der Waals surface area contributed by atoms with E-state index in [1.54, 1.807) is 0 Å². The second-order valence-corrected chi connectivity index (χ2v) is 16.8. The van der Waals surface area contributed by atoms with Gasteiger partial charge in [0.1, 0.15) is 0 Å². The average Bonchev–Trinajstić information content (AvgIpc) is 2.94. The van der Waals surface area contributed by atoms with Crippen molar-refractivity contribution in [2.45, 2.75) is 257 Å². The van der Waals surface area contributed by atoms with Crippen LogP contribution in [0.5, 0.6) is 0 Å². The van der Waals surface area contributed by atoms with Gasteiger partial charge in [0.15, 0.2) is 0 Å². The molecule has 0 unspecified atom stereocenters. The van der Waals surface area contributed by atoms with Crippen molar-refractivity contribution in [1.82, 2.24) is 0 Å². The van der Waals surface area contributed by atoms with Crippen molar-refractivity contribution in [3.8, 4) is 0 Å². The quantitative estimate of drug-likeness (QED) is 0.237. The molecular formula is C48H114. The van der Waals surface area contributed by atoms with E-state index < -0.39 is 0 Å². The molecule has 48 heavy (non-hydrogen) atoms. The molecule has 0 aromatic heterocycles. The molecule has 0 nitrogen and oxygen atoms in total. The Balaban J connectivity index is -0.0000000557. The molecule has 5 fully saturated rings. The first-order chi connectivity index (χ1) is 18.9. The average molecular weight is 691 g/mol. The summed E-state index contributed by atoms with van der Waals surface area (Å²) in [5.41, 5.74) is 0. The minimum Gasteiger partial charge on any atom is -0.0776 e. The van der Waals surface area contributed by atoms with Gasteiger partial charge in [-0.05, 0) is 59.2 Å². The van der Waals surface area contributed by atoms with Crippen molar-refractivity contribution in [2.75, 3.05) is 0 Å². The number of hydrogen-bond donors (Lipinski definition) is 0. The second-order valence-electron chi connectivity index (χ2n) is 16.8. The van der Waals surface area contributed by atoms with Crippen LogP contribution in [0.4, 0.5) is 0 Å². The molecule has 0 heteroatoms. The third-order valence-electron chi connectivity index (χ3n) is 11.5. The Bertz CT molecular complexity index is 365. The summed E-state index contributed by atoms with van der Waals surface area (Å²) >= 11 is 0. The van der Waals surface area contributed by atoms with Crippen LogP contribution in [0.3, 0.4) is 0 Å². The Morgan fingerprint density at radius 3 is 0.250 bits per heavy atom. The monoisotopic (exact) mass is 691 g/mol. The van der Waals surface area contributed by atoms with Crippen molar-refractivity contribution >= 4 is 0 Å². The van der Waals surface area contributed by atoms with E-state index in [2.05, 4.69) is 69.2 Å². The van der Waals surface area contributed by atoms with Crippen molar-refractivity contribution in [1.29, 1.82) is 0 Å². The molecule has 0 aromatic carbocycles. The fourth-order valence-electron chi connectivity index (χ4n) is 7.13. The normalized spacial score (nSPS) is 33.1. The van der Waals surface area contributed by atoms with Gasteiger partial charge in [0, 0.05) is 1.43 Å². The third-order valence-corrected chi connectivity index (χ3v) is 11.5. The van der Waals surface area contributed by atoms with E-state index in [9.17, 15) is 0 Å². The molecule has 0 saturated heterocycles. The Hall–Kier alpha value is 0. The predicted octanol–water partition coefficient (Wildman–Crippen LogP) is 19.5. The molecule has 5 saturated carbocycles. The molecular weight excluding hydrogens is 577 g/mol. The molecule has 0 bridgehead atoms. The van der Waals surface area contributed by atoms with Crippen molar-refractivity contribution in [3.05, 3.63) is 0 Å². The molecule has 0 heterocycles. The summed E-state index contributed by atoms with van der Waals surface area (Å²) in [5, 5.41) is 0. The summed E-state index contributed by atoms with van der Waals surface area (Å²) in [7, 11) is 0. The summed E-state index contributed by atoms with van der Waals surface area (Å²) in [5.74, 6) is 10.2. The van der Waals surface area contributed by atoms with Gasteiger partial charge in [0.05, 0.1) is 0 Å². The Kier molecular flexibility index (Phi) is 54.9. The first kappa shape index (κ1) is 66.3. The zero-order valence-electron chi connectivity index (χ0n) is 29.9. The first-order valence-corrected chi connectivity index (χ1v) is 18.9. The van der Waals surface area contributed by atoms with Crippen molar-refractivity contribution in [2.24, 2.45) is 59.2 Å². The summed E-state index contributed by atoms with van der Waals surface area (Å²) < 4.78 is 0. The molecule has 0 radical (unpaired) electrons. The van der Waals surface area contributed by atoms with Gasteiger partial charge in [0.2, 0.25) is 0 Å². The number of hydrogen-bond acceptors (Lipinski definition) is 0. The van der Waals surface area contributed by atoms with E-state index in [0.717, 1.165) is 59.2 Å². The molecule has 0 spiro atoms. The third kappa shape index (κ3) is 37.3. The minimum atomic E-state index is 0. The van der Waals surface area contributed by atoms with Crippen LogP contribution in [0.25, 0.3) is 0 Å². The van der Waals surface area contributed by atoms with Gasteiger partial charge >= 0.3 is 0 Å². The van der Waals surface area contributed by atoms with Crippen LogP contribution in [-0.4, -0.2) is 0 Å². The zero-order valence-corrected chi connectivity index (χ0v) is 29.9. The Labute approximate surface area is 316 Å². The lowest BCUT2D eigenvalue weighted by atomic mass is 9.84. The van der Waals surface area contributed by atoms with Crippen LogP contribution < -0.4 is 0 Å². The van der Waals surface area contributed by atoms with Crippen LogP contribution in [-0.2, 0) is 0 Å². The van der Waals surface area contributed by atoms with Gasteiger partial charge in [0.25, 0.3) is 0 Å². The van der Waals surface area contributed by atoms with Crippen molar-refractivity contribution < 1.29 is 1.43 Å². The van der Waals surface area contributed by atoms with Crippen LogP contribution in [0.15, 0.2) is 0 Å². The molecule has 306 valence electrons. The maximum absolute atomic E-state index is 2.37. The summed E-state index contributed by atoms with van der Waals surface area (Å²) in [6, 6.07) is 0. The highest BCUT2D eigenvalue weighted by Gasteiger charge is 2.16. The van der Waals surface area contributed by atoms with Crippen LogP contribution in [0.1, 0.15) is 258 Å². The fourth-order valence-corrected chi connectivity index (χ4v) is 7.13. The van der Waals surface area contributed by atoms with Gasteiger partial charge < -0.3 is 0 Å². The zero-order chi connectivity index (χ0) is 29.9. The molecule has 0 N–H and O–H groups in total. The lowest BCUT2D eigenvalue weighted by molar-refractivity contribution is 0.308. The molecule has 0 aromatic rings. The topological polar surface area (TPSA) is 0 Å². The smallest absolute Gasteiger partial charge is 0 e. The molecule has 0 amide bonds. The lowest BCUT2D eigenvalue weighted by Crippen LogP contribution is -2.08. The molecule has 5 aliphatic rings. The summed E-state index contributed by atoms with van der Waals surface area (Å²) in [4.78, 5) is 0. The van der Waals surface area contributed by atoms with Crippen LogP contribution in [0.2, 0.25) is 0 Å². The largest absolute Gasteiger partial charge is 0.0776 e. The van der Waals surface area contributed by atoms with Crippen LogP contribution >= 0.6 is 0 Å². The molecule has 5 rings (SSSR count). The SMILES string of the molecule is C.C.C.C.C.C.C.C.CC1CCC(C)CC1.CC1CCC(C)CC1.CC1CCC(C)CC1.CC1CCC(C)CC1.CC1CCC(C)CC1.[HH]. The summed E-state index contributed by atoms with van der Waals surface area (Å²) in [6.07, 6.45) is 29.5. The van der Waals surface area contributed by atoms with Gasteiger partial charge in [-0.3, -0.25) is 0 Å². The highest BCUT2D eigenvalue weighted by Crippen LogP contribution is 2.30. The minimum absolute atomic E-state index is 0. The van der Waals surface area contributed by atoms with Crippen LogP contribution in [0, 0.1) is 59.2 Å². The highest BCUT2D eigenvalue weighted by atomic mass is 14.2. The maximum Gasteiger partial charge on any atom is 0 e. The van der Waals surface area contributed by atoms with E-state index in [-0.39, 0.29) is 60.8 Å². The maximum atomic E-state index is 2.37. The Morgan fingerprint density at radius 2 is 0.208 bits per heavy atom. The number of rotatable bonds is 0. The highest BCUT2D eigenvalue weighted by molar-refractivity contribution is 4.68. The van der Waals surface area contributed by atoms with E-state index >= 15 is 0 Å². The standard InChI is InChI=1S/5C8H16.8CH4.H2/c5*1-7-3-5-8(2)6-4-7;;;;;;;;;/h5*7-8H,3-6H2,1-2H3;8*1H4;1H. The fraction of sp³-hybridized carbons (Fsp3) is 1.00. The van der Waals surface area contributed by atoms with Gasteiger partial charge in [-0.15, -0.1) is 0 Å². The molecule has 0 aliphatic heterocycles. The Morgan fingerprint density at radius 1 is 0.167 bits per heavy atom. The molecule has 0 atom stereocenters. The molecule has 5 aliphatic carbocycles. The van der Waals surface area contributed by atoms with Gasteiger partial charge in [-0.25, -0.2) is 0 Å². The van der Waals surface area contributed by atoms with Gasteiger partial charge in [-0.1, -0.05) is 257 Å².